The largest absolute Gasteiger partial charge is 0.504 e. The molecule has 0 radical (unpaired) electrons. The Morgan fingerprint density at radius 2 is 1.93 bits per heavy atom. The maximum absolute atomic E-state index is 13.0. The summed E-state index contributed by atoms with van der Waals surface area (Å²) in [6.45, 7) is 4.60. The minimum atomic E-state index is -3.51. The van der Waals surface area contributed by atoms with Crippen molar-refractivity contribution in [2.24, 2.45) is 5.92 Å². The highest BCUT2D eigenvalue weighted by Crippen LogP contribution is 2.50. The fourth-order valence-corrected chi connectivity index (χ4v) is 6.17. The molecule has 1 aliphatic carbocycles. The van der Waals surface area contributed by atoms with Crippen LogP contribution in [0.25, 0.3) is 0 Å². The molecule has 2 aliphatic rings. The first-order valence-corrected chi connectivity index (χ1v) is 11.8. The monoisotopic (exact) mass is 428 g/mol. The van der Waals surface area contributed by atoms with E-state index >= 15 is 0 Å². The van der Waals surface area contributed by atoms with Gasteiger partial charge in [0.2, 0.25) is 10.0 Å². The summed E-state index contributed by atoms with van der Waals surface area (Å²) in [5.41, 5.74) is 2.93. The van der Waals surface area contributed by atoms with Crippen LogP contribution in [0, 0.1) is 5.92 Å². The molecule has 0 amide bonds. The molecule has 0 spiro atoms. The zero-order valence-electron chi connectivity index (χ0n) is 17.5. The molecule has 0 bridgehead atoms. The Labute approximate surface area is 178 Å². The van der Waals surface area contributed by atoms with Crippen molar-refractivity contribution in [1.82, 2.24) is 4.31 Å². The van der Waals surface area contributed by atoms with Crippen LogP contribution >= 0.6 is 0 Å². The van der Waals surface area contributed by atoms with E-state index in [9.17, 15) is 13.5 Å². The lowest BCUT2D eigenvalue weighted by Crippen LogP contribution is -2.32. The van der Waals surface area contributed by atoms with Crippen LogP contribution in [-0.2, 0) is 10.0 Å². The number of aromatic hydroxyl groups is 1. The van der Waals surface area contributed by atoms with E-state index in [0.717, 1.165) is 23.2 Å². The Bertz CT molecular complexity index is 1080. The van der Waals surface area contributed by atoms with Crippen LogP contribution in [0.4, 0.5) is 5.69 Å². The maximum atomic E-state index is 13.0. The van der Waals surface area contributed by atoms with Gasteiger partial charge in [0.1, 0.15) is 0 Å². The fraction of sp³-hybridized carbons (Fsp3) is 0.391. The summed E-state index contributed by atoms with van der Waals surface area (Å²) in [6, 6.07) is 10.9. The number of ether oxygens (including phenoxy) is 1. The Balaban J connectivity index is 1.73. The highest BCUT2D eigenvalue weighted by Gasteiger charge is 2.39. The topological polar surface area (TPSA) is 78.9 Å². The van der Waals surface area contributed by atoms with Crippen LogP contribution in [0.3, 0.4) is 0 Å². The molecule has 0 fully saturated rings. The molecule has 0 saturated heterocycles. The molecule has 0 aromatic heterocycles. The third-order valence-electron chi connectivity index (χ3n) is 6.24. The summed E-state index contributed by atoms with van der Waals surface area (Å²) in [4.78, 5) is 0.339. The minimum absolute atomic E-state index is 0.0135. The van der Waals surface area contributed by atoms with Gasteiger partial charge in [-0.05, 0) is 53.8 Å². The van der Waals surface area contributed by atoms with Crippen LogP contribution < -0.4 is 10.1 Å². The first-order chi connectivity index (χ1) is 14.4. The highest BCUT2D eigenvalue weighted by atomic mass is 32.2. The van der Waals surface area contributed by atoms with Gasteiger partial charge in [-0.1, -0.05) is 32.1 Å². The standard InChI is InChI=1S/C23H28N2O4S/c1-4-25(5-2)30(27,28)16-10-11-20-19(14-16)17-7-6-8-18(17)23(24-20)15-9-12-22(29-3)21(26)13-15/h6-7,9-14,17-18,23-24,26H,4-5,8H2,1-3H3. The lowest BCUT2D eigenvalue weighted by molar-refractivity contribution is 0.371. The molecule has 3 unspecified atom stereocenters. The number of methoxy groups -OCH3 is 1. The van der Waals surface area contributed by atoms with E-state index in [-0.39, 0.29) is 23.6 Å². The number of allylic oxidation sites excluding steroid dienone is 2. The Morgan fingerprint density at radius 3 is 2.60 bits per heavy atom. The number of nitrogens with zero attached hydrogens (tertiary/aromatic N) is 1. The predicted molar refractivity (Wildman–Crippen MR) is 118 cm³/mol. The third kappa shape index (κ3) is 3.36. The molecule has 2 aromatic rings. The van der Waals surface area contributed by atoms with Gasteiger partial charge in [0.15, 0.2) is 11.5 Å². The second kappa shape index (κ2) is 7.96. The van der Waals surface area contributed by atoms with Gasteiger partial charge in [0.05, 0.1) is 18.0 Å². The van der Waals surface area contributed by atoms with Crippen molar-refractivity contribution in [1.29, 1.82) is 0 Å². The molecule has 160 valence electrons. The van der Waals surface area contributed by atoms with E-state index in [4.69, 9.17) is 4.74 Å². The number of nitrogens with one attached hydrogen (secondary N) is 1. The van der Waals surface area contributed by atoms with Crippen LogP contribution in [0.5, 0.6) is 11.5 Å². The van der Waals surface area contributed by atoms with Gasteiger partial charge in [-0.2, -0.15) is 4.31 Å². The molecule has 4 rings (SSSR count). The van der Waals surface area contributed by atoms with Crippen molar-refractivity contribution >= 4 is 15.7 Å². The van der Waals surface area contributed by atoms with Crippen LogP contribution in [0.2, 0.25) is 0 Å². The molecule has 30 heavy (non-hydrogen) atoms. The first-order valence-electron chi connectivity index (χ1n) is 10.3. The van der Waals surface area contributed by atoms with Gasteiger partial charge >= 0.3 is 0 Å². The second-order valence-corrected chi connectivity index (χ2v) is 9.68. The predicted octanol–water partition coefficient (Wildman–Crippen LogP) is 4.26. The van der Waals surface area contributed by atoms with Gasteiger partial charge < -0.3 is 15.2 Å². The van der Waals surface area contributed by atoms with Gasteiger partial charge in [-0.25, -0.2) is 8.42 Å². The lowest BCUT2D eigenvalue weighted by atomic mass is 9.77. The number of rotatable bonds is 6. The summed E-state index contributed by atoms with van der Waals surface area (Å²) in [5, 5.41) is 13.8. The van der Waals surface area contributed by atoms with E-state index in [1.165, 1.54) is 11.4 Å². The van der Waals surface area contributed by atoms with Gasteiger partial charge in [0.25, 0.3) is 0 Å². The molecule has 1 heterocycles. The van der Waals surface area contributed by atoms with E-state index in [2.05, 4.69) is 17.5 Å². The Hall–Kier alpha value is -2.51. The second-order valence-electron chi connectivity index (χ2n) is 7.75. The summed E-state index contributed by atoms with van der Waals surface area (Å²) < 4.78 is 32.7. The normalized spacial score (nSPS) is 22.5. The SMILES string of the molecule is CCN(CC)S(=O)(=O)c1ccc2c(c1)C1C=CCC1C(c1ccc(OC)c(O)c1)N2. The lowest BCUT2D eigenvalue weighted by Gasteiger charge is -2.38. The van der Waals surface area contributed by atoms with Crippen molar-refractivity contribution in [3.8, 4) is 11.5 Å². The molecule has 1 aliphatic heterocycles. The van der Waals surface area contributed by atoms with Crippen LogP contribution in [0.15, 0.2) is 53.4 Å². The van der Waals surface area contributed by atoms with Crippen molar-refractivity contribution in [2.75, 3.05) is 25.5 Å². The van der Waals surface area contributed by atoms with Crippen LogP contribution in [-0.4, -0.2) is 38.0 Å². The van der Waals surface area contributed by atoms with E-state index in [1.807, 2.05) is 32.0 Å². The van der Waals surface area contributed by atoms with Gasteiger partial charge in [-0.15, -0.1) is 0 Å². The summed E-state index contributed by atoms with van der Waals surface area (Å²) in [7, 11) is -1.98. The summed E-state index contributed by atoms with van der Waals surface area (Å²) >= 11 is 0. The first kappa shape index (κ1) is 20.8. The van der Waals surface area contributed by atoms with E-state index < -0.39 is 10.0 Å². The number of phenolic OH excluding ortho intramolecular Hbond substituents is 1. The number of fused-ring (bicyclic) bond motifs is 3. The molecule has 3 atom stereocenters. The number of hydrogen-bond acceptors (Lipinski definition) is 5. The number of phenols is 1. The fourth-order valence-electron chi connectivity index (χ4n) is 4.68. The highest BCUT2D eigenvalue weighted by molar-refractivity contribution is 7.89. The molecule has 6 nitrogen and oxygen atoms in total. The van der Waals surface area contributed by atoms with E-state index in [1.54, 1.807) is 18.2 Å². The maximum Gasteiger partial charge on any atom is 0.243 e. The molecule has 7 heteroatoms. The number of hydrogen-bond donors (Lipinski definition) is 2. The average Bonchev–Trinajstić information content (AvgIpc) is 3.23. The zero-order chi connectivity index (χ0) is 21.5. The number of anilines is 1. The number of sulfonamides is 1. The van der Waals surface area contributed by atoms with Gasteiger partial charge in [0, 0.05) is 24.7 Å². The quantitative estimate of drug-likeness (QED) is 0.672. The van der Waals surface area contributed by atoms with Crippen molar-refractivity contribution < 1.29 is 18.3 Å². The van der Waals surface area contributed by atoms with Crippen molar-refractivity contribution in [2.45, 2.75) is 37.1 Å². The minimum Gasteiger partial charge on any atom is -0.504 e. The van der Waals surface area contributed by atoms with Gasteiger partial charge in [-0.3, -0.25) is 0 Å². The Kier molecular flexibility index (Phi) is 5.51. The summed E-state index contributed by atoms with van der Waals surface area (Å²) in [6.07, 6.45) is 5.23. The molecule has 2 aromatic carbocycles. The third-order valence-corrected chi connectivity index (χ3v) is 8.29. The van der Waals surface area contributed by atoms with Crippen molar-refractivity contribution in [3.63, 3.8) is 0 Å². The average molecular weight is 429 g/mol. The van der Waals surface area contributed by atoms with E-state index in [0.29, 0.717) is 23.7 Å². The zero-order valence-corrected chi connectivity index (χ0v) is 18.3. The Morgan fingerprint density at radius 1 is 1.17 bits per heavy atom. The number of benzene rings is 2. The van der Waals surface area contributed by atoms with Crippen LogP contribution in [0.1, 0.15) is 43.4 Å². The molecule has 0 saturated carbocycles. The molecular weight excluding hydrogens is 400 g/mol. The summed E-state index contributed by atoms with van der Waals surface area (Å²) in [5.74, 6) is 0.937. The smallest absolute Gasteiger partial charge is 0.243 e. The molecular formula is C23H28N2O4S. The van der Waals surface area contributed by atoms with Crippen molar-refractivity contribution in [3.05, 3.63) is 59.7 Å². The molecule has 2 N–H and O–H groups in total.